The van der Waals surface area contributed by atoms with E-state index in [0.717, 1.165) is 11.3 Å². The SMILES string of the molecule is COc1cccc(NC(=O)Nc2ccc(Nc3cc(Nc4cc(C)ccn4)nc(C)n3)cc2)c1. The van der Waals surface area contributed by atoms with Gasteiger partial charge in [-0.3, -0.25) is 0 Å². The van der Waals surface area contributed by atoms with Crippen LogP contribution in [0.5, 0.6) is 5.75 Å². The molecule has 0 aliphatic carbocycles. The number of anilines is 6. The van der Waals surface area contributed by atoms with Crippen molar-refractivity contribution in [3.63, 3.8) is 0 Å². The minimum Gasteiger partial charge on any atom is -0.497 e. The van der Waals surface area contributed by atoms with E-state index in [2.05, 4.69) is 36.2 Å². The highest BCUT2D eigenvalue weighted by Crippen LogP contribution is 2.22. The quantitative estimate of drug-likeness (QED) is 0.286. The van der Waals surface area contributed by atoms with Gasteiger partial charge in [0.1, 0.15) is 29.0 Å². The molecule has 0 unspecified atom stereocenters. The number of carbonyl (C=O) groups excluding carboxylic acids is 1. The third kappa shape index (κ3) is 6.19. The summed E-state index contributed by atoms with van der Waals surface area (Å²) in [6, 6.07) is 19.8. The summed E-state index contributed by atoms with van der Waals surface area (Å²) in [7, 11) is 1.58. The van der Waals surface area contributed by atoms with Crippen molar-refractivity contribution in [1.82, 2.24) is 15.0 Å². The second-order valence-corrected chi connectivity index (χ2v) is 7.54. The summed E-state index contributed by atoms with van der Waals surface area (Å²) in [5.74, 6) is 3.28. The van der Waals surface area contributed by atoms with E-state index in [0.29, 0.717) is 40.4 Å². The van der Waals surface area contributed by atoms with E-state index in [1.54, 1.807) is 37.6 Å². The molecular formula is C25H25N7O2. The molecule has 0 spiro atoms. The fourth-order valence-electron chi connectivity index (χ4n) is 3.21. The van der Waals surface area contributed by atoms with Crippen molar-refractivity contribution in [2.24, 2.45) is 0 Å². The standard InChI is InChI=1S/C25H25N7O2/c1-16-11-12-26-22(13-16)32-24-15-23(27-17(2)28-24)29-18-7-9-19(10-8-18)30-25(33)31-20-5-4-6-21(14-20)34-3/h4-15H,1-3H3,(H2,30,31,33)(H2,26,27,28,29,32). The third-order valence-corrected chi connectivity index (χ3v) is 4.75. The first-order chi connectivity index (χ1) is 16.5. The molecule has 4 rings (SSSR count). The van der Waals surface area contributed by atoms with Gasteiger partial charge in [-0.1, -0.05) is 6.07 Å². The molecule has 2 aromatic heterocycles. The van der Waals surface area contributed by atoms with Crippen LogP contribution < -0.4 is 26.0 Å². The number of carbonyl (C=O) groups is 1. The van der Waals surface area contributed by atoms with Crippen LogP contribution in [0.2, 0.25) is 0 Å². The van der Waals surface area contributed by atoms with Crippen molar-refractivity contribution in [2.75, 3.05) is 28.4 Å². The summed E-state index contributed by atoms with van der Waals surface area (Å²) < 4.78 is 5.17. The highest BCUT2D eigenvalue weighted by atomic mass is 16.5. The number of amides is 2. The first-order valence-electron chi connectivity index (χ1n) is 10.6. The fourth-order valence-corrected chi connectivity index (χ4v) is 3.21. The van der Waals surface area contributed by atoms with Crippen LogP contribution in [0.1, 0.15) is 11.4 Å². The number of methoxy groups -OCH3 is 1. The van der Waals surface area contributed by atoms with E-state index in [9.17, 15) is 4.79 Å². The molecule has 0 saturated carbocycles. The summed E-state index contributed by atoms with van der Waals surface area (Å²) in [6.07, 6.45) is 1.75. The Balaban J connectivity index is 1.38. The number of rotatable bonds is 7. The average molecular weight is 456 g/mol. The van der Waals surface area contributed by atoms with Crippen molar-refractivity contribution >= 4 is 40.5 Å². The smallest absolute Gasteiger partial charge is 0.323 e. The predicted octanol–water partition coefficient (Wildman–Crippen LogP) is 5.63. The molecule has 4 aromatic rings. The Kier molecular flexibility index (Phi) is 6.83. The van der Waals surface area contributed by atoms with Gasteiger partial charge in [0.25, 0.3) is 0 Å². The van der Waals surface area contributed by atoms with Crippen LogP contribution >= 0.6 is 0 Å². The number of hydrogen-bond acceptors (Lipinski definition) is 7. The maximum atomic E-state index is 12.3. The van der Waals surface area contributed by atoms with Crippen LogP contribution in [0.25, 0.3) is 0 Å². The number of benzene rings is 2. The Morgan fingerprint density at radius 1 is 0.765 bits per heavy atom. The lowest BCUT2D eigenvalue weighted by Gasteiger charge is -2.11. The normalized spacial score (nSPS) is 10.3. The van der Waals surface area contributed by atoms with Gasteiger partial charge in [-0.05, 0) is 67.9 Å². The van der Waals surface area contributed by atoms with Crippen LogP contribution in [-0.4, -0.2) is 28.1 Å². The van der Waals surface area contributed by atoms with Gasteiger partial charge in [0.2, 0.25) is 0 Å². The maximum Gasteiger partial charge on any atom is 0.323 e. The largest absolute Gasteiger partial charge is 0.497 e. The van der Waals surface area contributed by atoms with Crippen molar-refractivity contribution in [2.45, 2.75) is 13.8 Å². The average Bonchev–Trinajstić information content (AvgIpc) is 2.80. The Morgan fingerprint density at radius 3 is 2.21 bits per heavy atom. The zero-order chi connectivity index (χ0) is 23.9. The summed E-state index contributed by atoms with van der Waals surface area (Å²) in [6.45, 7) is 3.83. The zero-order valence-corrected chi connectivity index (χ0v) is 19.1. The van der Waals surface area contributed by atoms with E-state index in [-0.39, 0.29) is 6.03 Å². The molecule has 172 valence electrons. The number of pyridine rings is 1. The van der Waals surface area contributed by atoms with Crippen molar-refractivity contribution < 1.29 is 9.53 Å². The van der Waals surface area contributed by atoms with Crippen molar-refractivity contribution in [3.8, 4) is 5.75 Å². The van der Waals surface area contributed by atoms with Crippen LogP contribution in [0.4, 0.5) is 39.3 Å². The van der Waals surface area contributed by atoms with E-state index in [4.69, 9.17) is 4.74 Å². The van der Waals surface area contributed by atoms with E-state index in [1.165, 1.54) is 0 Å². The Bertz CT molecular complexity index is 1290. The second kappa shape index (κ2) is 10.3. The number of aryl methyl sites for hydroxylation is 2. The van der Waals surface area contributed by atoms with Gasteiger partial charge in [-0.15, -0.1) is 0 Å². The molecule has 4 N–H and O–H groups in total. The molecule has 2 aromatic carbocycles. The Labute approximate surface area is 197 Å². The Hall–Kier alpha value is -4.66. The number of nitrogens with one attached hydrogen (secondary N) is 4. The summed E-state index contributed by atoms with van der Waals surface area (Å²) >= 11 is 0. The topological polar surface area (TPSA) is 113 Å². The molecule has 9 nitrogen and oxygen atoms in total. The molecule has 2 amide bonds. The summed E-state index contributed by atoms with van der Waals surface area (Å²) in [4.78, 5) is 25.5. The molecule has 2 heterocycles. The highest BCUT2D eigenvalue weighted by Gasteiger charge is 2.06. The van der Waals surface area contributed by atoms with E-state index < -0.39 is 0 Å². The first kappa shape index (κ1) is 22.5. The van der Waals surface area contributed by atoms with Gasteiger partial charge in [0, 0.05) is 35.4 Å². The third-order valence-electron chi connectivity index (χ3n) is 4.75. The van der Waals surface area contributed by atoms with E-state index in [1.807, 2.05) is 56.3 Å². The fraction of sp³-hybridized carbons (Fsp3) is 0.120. The second-order valence-electron chi connectivity index (χ2n) is 7.54. The van der Waals surface area contributed by atoms with Crippen molar-refractivity contribution in [1.29, 1.82) is 0 Å². The monoisotopic (exact) mass is 455 g/mol. The summed E-state index contributed by atoms with van der Waals surface area (Å²) in [5, 5.41) is 12.1. The predicted molar refractivity (Wildman–Crippen MR) is 134 cm³/mol. The molecule has 0 aliphatic rings. The lowest BCUT2D eigenvalue weighted by atomic mass is 10.2. The number of ether oxygens (including phenoxy) is 1. The van der Waals surface area contributed by atoms with Gasteiger partial charge in [-0.2, -0.15) is 0 Å². The van der Waals surface area contributed by atoms with Crippen LogP contribution in [0.3, 0.4) is 0 Å². The molecule has 34 heavy (non-hydrogen) atoms. The zero-order valence-electron chi connectivity index (χ0n) is 19.1. The lowest BCUT2D eigenvalue weighted by Crippen LogP contribution is -2.19. The van der Waals surface area contributed by atoms with Gasteiger partial charge in [-0.25, -0.2) is 19.7 Å². The van der Waals surface area contributed by atoms with Gasteiger partial charge < -0.3 is 26.0 Å². The maximum absolute atomic E-state index is 12.3. The Morgan fingerprint density at radius 2 is 1.47 bits per heavy atom. The molecule has 0 radical (unpaired) electrons. The highest BCUT2D eigenvalue weighted by molar-refractivity contribution is 5.99. The minimum atomic E-state index is -0.346. The van der Waals surface area contributed by atoms with Crippen LogP contribution in [0.15, 0.2) is 72.9 Å². The van der Waals surface area contributed by atoms with Gasteiger partial charge in [0.15, 0.2) is 0 Å². The first-order valence-corrected chi connectivity index (χ1v) is 10.6. The summed E-state index contributed by atoms with van der Waals surface area (Å²) in [5.41, 5.74) is 3.21. The van der Waals surface area contributed by atoms with E-state index >= 15 is 0 Å². The van der Waals surface area contributed by atoms with Crippen LogP contribution in [0, 0.1) is 13.8 Å². The minimum absolute atomic E-state index is 0.346. The van der Waals surface area contributed by atoms with Gasteiger partial charge in [0.05, 0.1) is 7.11 Å². The number of aromatic nitrogens is 3. The molecule has 0 atom stereocenters. The number of hydrogen-bond donors (Lipinski definition) is 4. The molecule has 0 bridgehead atoms. The molecular weight excluding hydrogens is 430 g/mol. The number of urea groups is 1. The molecule has 0 aliphatic heterocycles. The molecule has 9 heteroatoms. The van der Waals surface area contributed by atoms with Crippen LogP contribution in [-0.2, 0) is 0 Å². The molecule has 0 fully saturated rings. The lowest BCUT2D eigenvalue weighted by molar-refractivity contribution is 0.262. The molecule has 0 saturated heterocycles. The van der Waals surface area contributed by atoms with Crippen molar-refractivity contribution in [3.05, 3.63) is 84.3 Å². The number of nitrogens with zero attached hydrogens (tertiary/aromatic N) is 3. The van der Waals surface area contributed by atoms with Gasteiger partial charge >= 0.3 is 6.03 Å².